The van der Waals surface area contributed by atoms with Crippen LogP contribution in [-0.2, 0) is 4.79 Å². The van der Waals surface area contributed by atoms with E-state index in [4.69, 9.17) is 9.47 Å². The van der Waals surface area contributed by atoms with Crippen LogP contribution >= 0.6 is 0 Å². The first kappa shape index (κ1) is 15.4. The second-order valence-electron chi connectivity index (χ2n) is 5.86. The van der Waals surface area contributed by atoms with Gasteiger partial charge in [0.15, 0.2) is 0 Å². The van der Waals surface area contributed by atoms with Gasteiger partial charge in [-0.15, -0.1) is 0 Å². The van der Waals surface area contributed by atoms with E-state index in [9.17, 15) is 4.79 Å². The first-order chi connectivity index (χ1) is 9.88. The summed E-state index contributed by atoms with van der Waals surface area (Å²) in [4.78, 5) is 11.0. The Bertz CT molecular complexity index is 594. The van der Waals surface area contributed by atoms with Crippen molar-refractivity contribution >= 4 is 12.0 Å². The van der Waals surface area contributed by atoms with Crippen LogP contribution in [0.15, 0.2) is 35.9 Å². The summed E-state index contributed by atoms with van der Waals surface area (Å²) < 4.78 is 11.2. The highest BCUT2D eigenvalue weighted by Gasteiger charge is 2.26. The average Bonchev–Trinajstić information content (AvgIpc) is 2.38. The maximum absolute atomic E-state index is 11.0. The minimum absolute atomic E-state index is 0.290. The molecule has 3 nitrogen and oxygen atoms in total. The van der Waals surface area contributed by atoms with Gasteiger partial charge in [0.2, 0.25) is 0 Å². The predicted octanol–water partition coefficient (Wildman–Crippen LogP) is 4.52. The molecule has 3 heteroatoms. The third-order valence-corrected chi connectivity index (χ3v) is 3.39. The first-order valence-electron chi connectivity index (χ1n) is 7.22. The van der Waals surface area contributed by atoms with Crippen LogP contribution in [0.1, 0.15) is 46.1 Å². The highest BCUT2D eigenvalue weighted by Crippen LogP contribution is 2.35. The molecule has 0 fully saturated rings. The van der Waals surface area contributed by atoms with E-state index in [1.165, 1.54) is 12.5 Å². The van der Waals surface area contributed by atoms with Crippen molar-refractivity contribution in [3.05, 3.63) is 41.5 Å². The van der Waals surface area contributed by atoms with Gasteiger partial charge in [-0.25, -0.2) is 0 Å². The lowest BCUT2D eigenvalue weighted by Crippen LogP contribution is -2.31. The third-order valence-electron chi connectivity index (χ3n) is 3.39. The van der Waals surface area contributed by atoms with Crippen molar-refractivity contribution < 1.29 is 14.3 Å². The zero-order valence-corrected chi connectivity index (χ0v) is 13.1. The van der Waals surface area contributed by atoms with Gasteiger partial charge < -0.3 is 9.47 Å². The van der Waals surface area contributed by atoms with E-state index < -0.39 is 0 Å². The van der Waals surface area contributed by atoms with E-state index in [0.717, 1.165) is 24.2 Å². The lowest BCUT2D eigenvalue weighted by molar-refractivity contribution is -0.131. The maximum Gasteiger partial charge on any atom is 0.308 e. The van der Waals surface area contributed by atoms with Gasteiger partial charge in [0.25, 0.3) is 0 Å². The summed E-state index contributed by atoms with van der Waals surface area (Å²) in [5.74, 6) is 1.05. The Labute approximate surface area is 126 Å². The summed E-state index contributed by atoms with van der Waals surface area (Å²) in [6.07, 6.45) is 8.26. The fraction of sp³-hybridized carbons (Fsp3) is 0.389. The predicted molar refractivity (Wildman–Crippen MR) is 84.5 cm³/mol. The molecule has 1 aliphatic rings. The molecule has 0 aromatic heterocycles. The SMILES string of the molecule is CC(=O)Oc1ccc2c(c1)C=C[C@](C)(CCC=C(C)C)O2. The Morgan fingerprint density at radius 2 is 2.10 bits per heavy atom. The molecule has 0 saturated carbocycles. The van der Waals surface area contributed by atoms with Gasteiger partial charge in [-0.1, -0.05) is 17.7 Å². The molecule has 0 radical (unpaired) electrons. The van der Waals surface area contributed by atoms with E-state index in [1.54, 1.807) is 6.07 Å². The van der Waals surface area contributed by atoms with Crippen molar-refractivity contribution in [1.29, 1.82) is 0 Å². The topological polar surface area (TPSA) is 35.5 Å². The van der Waals surface area contributed by atoms with Crippen LogP contribution in [0.5, 0.6) is 11.5 Å². The Morgan fingerprint density at radius 1 is 1.33 bits per heavy atom. The van der Waals surface area contributed by atoms with Gasteiger partial charge in [0.05, 0.1) is 0 Å². The number of carbonyl (C=O) groups excluding carboxylic acids is 1. The van der Waals surface area contributed by atoms with E-state index in [-0.39, 0.29) is 11.6 Å². The molecule has 0 saturated heterocycles. The minimum Gasteiger partial charge on any atom is -0.483 e. The van der Waals surface area contributed by atoms with Crippen molar-refractivity contribution in [2.45, 2.75) is 46.1 Å². The summed E-state index contributed by atoms with van der Waals surface area (Å²) >= 11 is 0. The monoisotopic (exact) mass is 286 g/mol. The van der Waals surface area contributed by atoms with Gasteiger partial charge in [-0.3, -0.25) is 4.79 Å². The van der Waals surface area contributed by atoms with Crippen LogP contribution in [0, 0.1) is 0 Å². The maximum atomic E-state index is 11.0. The van der Waals surface area contributed by atoms with Gasteiger partial charge >= 0.3 is 5.97 Å². The Balaban J connectivity index is 2.11. The number of esters is 1. The highest BCUT2D eigenvalue weighted by atomic mass is 16.5. The molecule has 1 aliphatic heterocycles. The van der Waals surface area contributed by atoms with Crippen LogP contribution in [-0.4, -0.2) is 11.6 Å². The summed E-state index contributed by atoms with van der Waals surface area (Å²) in [7, 11) is 0. The first-order valence-corrected chi connectivity index (χ1v) is 7.22. The van der Waals surface area contributed by atoms with E-state index in [2.05, 4.69) is 32.9 Å². The second kappa shape index (κ2) is 6.17. The number of rotatable bonds is 4. The number of allylic oxidation sites excluding steroid dienone is 2. The zero-order valence-electron chi connectivity index (χ0n) is 13.1. The average molecular weight is 286 g/mol. The second-order valence-corrected chi connectivity index (χ2v) is 5.86. The number of carbonyl (C=O) groups is 1. The number of benzene rings is 1. The van der Waals surface area contributed by atoms with Crippen LogP contribution < -0.4 is 9.47 Å². The summed E-state index contributed by atoms with van der Waals surface area (Å²) in [6.45, 7) is 7.69. The summed E-state index contributed by atoms with van der Waals surface area (Å²) in [5, 5.41) is 0. The molecule has 21 heavy (non-hydrogen) atoms. The molecule has 1 aromatic rings. The lowest BCUT2D eigenvalue weighted by Gasteiger charge is -2.31. The molecular formula is C18H22O3. The lowest BCUT2D eigenvalue weighted by atomic mass is 9.94. The van der Waals surface area contributed by atoms with Crippen molar-refractivity contribution in [2.75, 3.05) is 0 Å². The van der Waals surface area contributed by atoms with Gasteiger partial charge in [0, 0.05) is 12.5 Å². The fourth-order valence-corrected chi connectivity index (χ4v) is 2.31. The van der Waals surface area contributed by atoms with Gasteiger partial charge in [-0.2, -0.15) is 0 Å². The fourth-order valence-electron chi connectivity index (χ4n) is 2.31. The standard InChI is InChI=1S/C18H22O3/c1-13(2)6-5-10-18(4)11-9-15-12-16(20-14(3)19)7-8-17(15)21-18/h6-9,11-12H,5,10H2,1-4H3/t18-/m0/s1. The molecule has 1 aromatic carbocycles. The molecule has 0 N–H and O–H groups in total. The van der Waals surface area contributed by atoms with Crippen molar-refractivity contribution in [3.8, 4) is 11.5 Å². The molecular weight excluding hydrogens is 264 g/mol. The molecule has 0 amide bonds. The van der Waals surface area contributed by atoms with Crippen LogP contribution in [0.2, 0.25) is 0 Å². The van der Waals surface area contributed by atoms with Crippen molar-refractivity contribution in [3.63, 3.8) is 0 Å². The van der Waals surface area contributed by atoms with Crippen molar-refractivity contribution in [2.24, 2.45) is 0 Å². The minimum atomic E-state index is -0.317. The molecule has 2 rings (SSSR count). The number of fused-ring (bicyclic) bond motifs is 1. The quantitative estimate of drug-likeness (QED) is 0.463. The van der Waals surface area contributed by atoms with Crippen molar-refractivity contribution in [1.82, 2.24) is 0 Å². The number of ether oxygens (including phenoxy) is 2. The summed E-state index contributed by atoms with van der Waals surface area (Å²) in [6, 6.07) is 5.44. The molecule has 1 heterocycles. The molecule has 0 aliphatic carbocycles. The molecule has 0 spiro atoms. The molecule has 112 valence electrons. The normalized spacial score (nSPS) is 19.4. The van der Waals surface area contributed by atoms with Crippen LogP contribution in [0.4, 0.5) is 0 Å². The Morgan fingerprint density at radius 3 is 2.76 bits per heavy atom. The van der Waals surface area contributed by atoms with E-state index >= 15 is 0 Å². The van der Waals surface area contributed by atoms with Crippen LogP contribution in [0.3, 0.4) is 0 Å². The third kappa shape index (κ3) is 4.22. The molecule has 0 bridgehead atoms. The van der Waals surface area contributed by atoms with Crippen LogP contribution in [0.25, 0.3) is 6.08 Å². The smallest absolute Gasteiger partial charge is 0.308 e. The highest BCUT2D eigenvalue weighted by molar-refractivity contribution is 5.70. The number of hydrogen-bond donors (Lipinski definition) is 0. The largest absolute Gasteiger partial charge is 0.483 e. The van der Waals surface area contributed by atoms with Gasteiger partial charge in [0.1, 0.15) is 17.1 Å². The van der Waals surface area contributed by atoms with E-state index in [0.29, 0.717) is 5.75 Å². The Hall–Kier alpha value is -2.03. The number of hydrogen-bond acceptors (Lipinski definition) is 3. The molecule has 1 atom stereocenters. The van der Waals surface area contributed by atoms with Gasteiger partial charge in [-0.05, 0) is 57.9 Å². The molecule has 0 unspecified atom stereocenters. The zero-order chi connectivity index (χ0) is 15.5. The Kier molecular flexibility index (Phi) is 4.51. The summed E-state index contributed by atoms with van der Waals surface area (Å²) in [5.41, 5.74) is 1.97. The van der Waals surface area contributed by atoms with E-state index in [1.807, 2.05) is 18.2 Å².